The van der Waals surface area contributed by atoms with Gasteiger partial charge in [0.05, 0.1) is 11.1 Å². The van der Waals surface area contributed by atoms with Crippen molar-refractivity contribution in [3.8, 4) is 0 Å². The molecule has 0 aliphatic carbocycles. The maximum Gasteiger partial charge on any atom is 0.183 e. The number of aromatic nitrogens is 1. The molecular weight excluding hydrogens is 224 g/mol. The summed E-state index contributed by atoms with van der Waals surface area (Å²) in [5, 5.41) is 0.917. The minimum absolute atomic E-state index is 0.117. The van der Waals surface area contributed by atoms with Crippen molar-refractivity contribution >= 4 is 16.7 Å². The molecule has 0 spiro atoms. The molecule has 0 aliphatic rings. The molecule has 1 aromatic carbocycles. The quantitative estimate of drug-likeness (QED) is 0.776. The number of pyridine rings is 1. The first-order valence-corrected chi connectivity index (χ1v) is 6.00. The Morgan fingerprint density at radius 1 is 1.17 bits per heavy atom. The van der Waals surface area contributed by atoms with Gasteiger partial charge in [0, 0.05) is 17.1 Å². The van der Waals surface area contributed by atoms with E-state index in [2.05, 4.69) is 4.98 Å². The first kappa shape index (κ1) is 12.7. The van der Waals surface area contributed by atoms with E-state index in [-0.39, 0.29) is 5.78 Å². The van der Waals surface area contributed by atoms with Gasteiger partial charge in [0.15, 0.2) is 5.78 Å². The second-order valence-corrected chi connectivity index (χ2v) is 5.16. The topological polar surface area (TPSA) is 33.2 Å². The van der Waals surface area contributed by atoms with Crippen LogP contribution in [0.2, 0.25) is 0 Å². The molecule has 94 valence electrons. The van der Waals surface area contributed by atoms with E-state index in [1.165, 1.54) is 0 Å². The highest BCUT2D eigenvalue weighted by atomic mass is 16.1. The van der Waals surface area contributed by atoms with E-state index in [0.717, 1.165) is 16.5 Å². The standard InChI is InChI=1S/C15H18N2O/c1-15(2,17(3)4)14(18)12-7-5-9-13-11(12)8-6-10-16-13/h5-10H,1-4H3. The molecule has 18 heavy (non-hydrogen) atoms. The average Bonchev–Trinajstić information content (AvgIpc) is 2.37. The molecule has 0 saturated heterocycles. The number of fused-ring (bicyclic) bond motifs is 1. The highest BCUT2D eigenvalue weighted by Gasteiger charge is 2.31. The van der Waals surface area contributed by atoms with E-state index in [1.807, 2.05) is 63.2 Å². The summed E-state index contributed by atoms with van der Waals surface area (Å²) in [7, 11) is 3.84. The molecule has 0 saturated carbocycles. The van der Waals surface area contributed by atoms with Crippen LogP contribution in [0, 0.1) is 0 Å². The van der Waals surface area contributed by atoms with Gasteiger partial charge in [-0.1, -0.05) is 18.2 Å². The molecule has 2 aromatic rings. The number of likely N-dealkylation sites (N-methyl/N-ethyl adjacent to an activating group) is 1. The molecule has 1 heterocycles. The molecular formula is C15H18N2O. The van der Waals surface area contributed by atoms with Crippen LogP contribution in [0.5, 0.6) is 0 Å². The van der Waals surface area contributed by atoms with E-state index in [4.69, 9.17) is 0 Å². The lowest BCUT2D eigenvalue weighted by molar-refractivity contribution is 0.0757. The van der Waals surface area contributed by atoms with Crippen LogP contribution in [-0.2, 0) is 0 Å². The van der Waals surface area contributed by atoms with Gasteiger partial charge in [0.2, 0.25) is 0 Å². The molecule has 0 N–H and O–H groups in total. The number of ketones is 1. The van der Waals surface area contributed by atoms with Crippen LogP contribution in [0.4, 0.5) is 0 Å². The molecule has 3 nitrogen and oxygen atoms in total. The van der Waals surface area contributed by atoms with Gasteiger partial charge in [-0.15, -0.1) is 0 Å². The van der Waals surface area contributed by atoms with Gasteiger partial charge in [-0.3, -0.25) is 14.7 Å². The molecule has 1 aromatic heterocycles. The molecule has 0 unspecified atom stereocenters. The van der Waals surface area contributed by atoms with Crippen LogP contribution in [-0.4, -0.2) is 35.3 Å². The third-order valence-corrected chi connectivity index (χ3v) is 3.56. The summed E-state index contributed by atoms with van der Waals surface area (Å²) in [5.41, 5.74) is 1.07. The number of hydrogen-bond donors (Lipinski definition) is 0. The van der Waals surface area contributed by atoms with Gasteiger partial charge in [0.25, 0.3) is 0 Å². The lowest BCUT2D eigenvalue weighted by Gasteiger charge is -2.31. The number of nitrogens with zero attached hydrogens (tertiary/aromatic N) is 2. The average molecular weight is 242 g/mol. The molecule has 0 atom stereocenters. The van der Waals surface area contributed by atoms with Crippen molar-refractivity contribution in [3.63, 3.8) is 0 Å². The van der Waals surface area contributed by atoms with Gasteiger partial charge < -0.3 is 0 Å². The summed E-state index contributed by atoms with van der Waals surface area (Å²) in [6.45, 7) is 3.87. The highest BCUT2D eigenvalue weighted by Crippen LogP contribution is 2.23. The first-order chi connectivity index (χ1) is 8.44. The molecule has 0 aliphatic heterocycles. The zero-order chi connectivity index (χ0) is 13.3. The summed E-state index contributed by atoms with van der Waals surface area (Å²) in [6.07, 6.45) is 1.74. The van der Waals surface area contributed by atoms with Crippen molar-refractivity contribution in [2.75, 3.05) is 14.1 Å². The van der Waals surface area contributed by atoms with Crippen LogP contribution in [0.25, 0.3) is 10.9 Å². The van der Waals surface area contributed by atoms with Crippen LogP contribution in [0.1, 0.15) is 24.2 Å². The minimum atomic E-state index is -0.524. The van der Waals surface area contributed by atoms with Crippen molar-refractivity contribution in [2.24, 2.45) is 0 Å². The highest BCUT2D eigenvalue weighted by molar-refractivity contribution is 6.11. The van der Waals surface area contributed by atoms with E-state index >= 15 is 0 Å². The van der Waals surface area contributed by atoms with Gasteiger partial charge in [-0.05, 0) is 40.1 Å². The second-order valence-electron chi connectivity index (χ2n) is 5.16. The van der Waals surface area contributed by atoms with Gasteiger partial charge >= 0.3 is 0 Å². The molecule has 0 bridgehead atoms. The van der Waals surface area contributed by atoms with Crippen molar-refractivity contribution in [3.05, 3.63) is 42.1 Å². The summed E-state index contributed by atoms with van der Waals surface area (Å²) >= 11 is 0. The van der Waals surface area contributed by atoms with Crippen molar-refractivity contribution < 1.29 is 4.79 Å². The van der Waals surface area contributed by atoms with E-state index in [1.54, 1.807) is 6.20 Å². The van der Waals surface area contributed by atoms with Crippen LogP contribution < -0.4 is 0 Å². The SMILES string of the molecule is CN(C)C(C)(C)C(=O)c1cccc2ncccc12. The Morgan fingerprint density at radius 2 is 1.89 bits per heavy atom. The maximum absolute atomic E-state index is 12.7. The zero-order valence-electron chi connectivity index (χ0n) is 11.3. The molecule has 0 radical (unpaired) electrons. The Balaban J connectivity index is 2.59. The number of rotatable bonds is 3. The van der Waals surface area contributed by atoms with Crippen molar-refractivity contribution in [1.82, 2.24) is 9.88 Å². The lowest BCUT2D eigenvalue weighted by Crippen LogP contribution is -2.45. The number of hydrogen-bond acceptors (Lipinski definition) is 3. The minimum Gasteiger partial charge on any atom is -0.297 e. The second kappa shape index (κ2) is 4.50. The zero-order valence-corrected chi connectivity index (χ0v) is 11.3. The normalized spacial score (nSPS) is 12.1. The number of benzene rings is 1. The number of carbonyl (C=O) groups is 1. The smallest absolute Gasteiger partial charge is 0.183 e. The van der Waals surface area contributed by atoms with Crippen molar-refractivity contribution in [1.29, 1.82) is 0 Å². The van der Waals surface area contributed by atoms with Crippen LogP contribution in [0.3, 0.4) is 0 Å². The lowest BCUT2D eigenvalue weighted by atomic mass is 9.90. The predicted octanol–water partition coefficient (Wildman–Crippen LogP) is 2.76. The predicted molar refractivity (Wildman–Crippen MR) is 73.8 cm³/mol. The molecule has 3 heteroatoms. The van der Waals surface area contributed by atoms with Gasteiger partial charge in [0.1, 0.15) is 0 Å². The van der Waals surface area contributed by atoms with Gasteiger partial charge in [-0.2, -0.15) is 0 Å². The molecule has 0 fully saturated rings. The molecule has 0 amide bonds. The Hall–Kier alpha value is -1.74. The summed E-state index contributed by atoms with van der Waals surface area (Å²) < 4.78 is 0. The summed E-state index contributed by atoms with van der Waals surface area (Å²) in [5.74, 6) is 0.117. The fourth-order valence-corrected chi connectivity index (χ4v) is 1.83. The number of Topliss-reactive ketones (excluding diaryl/α,β-unsaturated/α-hetero) is 1. The van der Waals surface area contributed by atoms with E-state index in [0.29, 0.717) is 0 Å². The van der Waals surface area contributed by atoms with E-state index in [9.17, 15) is 4.79 Å². The third-order valence-electron chi connectivity index (χ3n) is 3.56. The van der Waals surface area contributed by atoms with Crippen LogP contribution in [0.15, 0.2) is 36.5 Å². The van der Waals surface area contributed by atoms with E-state index < -0.39 is 5.54 Å². The fraction of sp³-hybridized carbons (Fsp3) is 0.333. The Labute approximate surface area is 107 Å². The Kier molecular flexibility index (Phi) is 3.18. The third kappa shape index (κ3) is 2.02. The van der Waals surface area contributed by atoms with Gasteiger partial charge in [-0.25, -0.2) is 0 Å². The largest absolute Gasteiger partial charge is 0.297 e. The Bertz CT molecular complexity index is 583. The summed E-state index contributed by atoms with van der Waals surface area (Å²) in [6, 6.07) is 9.49. The van der Waals surface area contributed by atoms with Crippen molar-refractivity contribution in [2.45, 2.75) is 19.4 Å². The fourth-order valence-electron chi connectivity index (χ4n) is 1.83. The van der Waals surface area contributed by atoms with Crippen LogP contribution >= 0.6 is 0 Å². The Morgan fingerprint density at radius 3 is 2.56 bits per heavy atom. The molecule has 2 rings (SSSR count). The monoisotopic (exact) mass is 242 g/mol. The number of carbonyl (C=O) groups excluding carboxylic acids is 1. The summed E-state index contributed by atoms with van der Waals surface area (Å²) in [4.78, 5) is 18.9. The maximum atomic E-state index is 12.7. The first-order valence-electron chi connectivity index (χ1n) is 6.00.